The van der Waals surface area contributed by atoms with Gasteiger partial charge in [-0.05, 0) is 24.3 Å². The lowest BCUT2D eigenvalue weighted by atomic mass is 10.1. The Kier molecular flexibility index (Phi) is 3.08. The molecule has 0 amide bonds. The van der Waals surface area contributed by atoms with E-state index in [1.807, 2.05) is 0 Å². The van der Waals surface area contributed by atoms with Gasteiger partial charge in [0.15, 0.2) is 6.10 Å². The van der Waals surface area contributed by atoms with Gasteiger partial charge in [-0.25, -0.2) is 0 Å². The summed E-state index contributed by atoms with van der Waals surface area (Å²) in [6.45, 7) is 0. The highest BCUT2D eigenvalue weighted by Crippen LogP contribution is 2.26. The van der Waals surface area contributed by atoms with Gasteiger partial charge in [-0.1, -0.05) is 0 Å². The standard InChI is InChI=1S/C12H8N2O4/c13-7-10(15)12-6-5-11(18-12)8-1-3-9(4-2-8)14(16)17/h1-6,10,15H/t10-/m1/s1. The largest absolute Gasteiger partial charge is 0.457 e. The summed E-state index contributed by atoms with van der Waals surface area (Å²) in [7, 11) is 0. The van der Waals surface area contributed by atoms with Crippen LogP contribution >= 0.6 is 0 Å². The third-order valence-corrected chi connectivity index (χ3v) is 2.38. The highest BCUT2D eigenvalue weighted by atomic mass is 16.6. The molecular weight excluding hydrogens is 236 g/mol. The molecule has 0 saturated carbocycles. The molecule has 1 aromatic heterocycles. The highest BCUT2D eigenvalue weighted by molar-refractivity contribution is 5.59. The monoisotopic (exact) mass is 244 g/mol. The summed E-state index contributed by atoms with van der Waals surface area (Å²) in [5, 5.41) is 28.3. The van der Waals surface area contributed by atoms with E-state index in [0.29, 0.717) is 11.3 Å². The number of nitrogens with zero attached hydrogens (tertiary/aromatic N) is 2. The number of non-ortho nitro benzene ring substituents is 1. The maximum atomic E-state index is 10.5. The molecule has 0 fully saturated rings. The number of hydrogen-bond donors (Lipinski definition) is 1. The van der Waals surface area contributed by atoms with Gasteiger partial charge in [-0.3, -0.25) is 10.1 Å². The van der Waals surface area contributed by atoms with Crippen molar-refractivity contribution in [3.05, 3.63) is 52.3 Å². The molecule has 1 atom stereocenters. The van der Waals surface area contributed by atoms with Crippen molar-refractivity contribution in [3.63, 3.8) is 0 Å². The third kappa shape index (κ3) is 2.21. The summed E-state index contributed by atoms with van der Waals surface area (Å²) in [5.74, 6) is 0.583. The second-order valence-corrected chi connectivity index (χ2v) is 3.54. The Balaban J connectivity index is 2.29. The minimum atomic E-state index is -1.31. The number of aliphatic hydroxyl groups is 1. The molecule has 2 aromatic rings. The number of hydrogen-bond acceptors (Lipinski definition) is 5. The molecule has 0 aliphatic carbocycles. The molecule has 0 spiro atoms. The van der Waals surface area contributed by atoms with E-state index >= 15 is 0 Å². The Morgan fingerprint density at radius 1 is 1.28 bits per heavy atom. The van der Waals surface area contributed by atoms with Crippen molar-refractivity contribution in [2.24, 2.45) is 0 Å². The summed E-state index contributed by atoms with van der Waals surface area (Å²) in [6.07, 6.45) is -1.31. The molecule has 0 radical (unpaired) electrons. The number of aliphatic hydroxyl groups excluding tert-OH is 1. The van der Waals surface area contributed by atoms with Crippen LogP contribution in [0.25, 0.3) is 11.3 Å². The second-order valence-electron chi connectivity index (χ2n) is 3.54. The second kappa shape index (κ2) is 4.69. The molecule has 90 valence electrons. The van der Waals surface area contributed by atoms with E-state index in [1.165, 1.54) is 18.2 Å². The van der Waals surface area contributed by atoms with Crippen molar-refractivity contribution in [2.75, 3.05) is 0 Å². The van der Waals surface area contributed by atoms with E-state index in [-0.39, 0.29) is 11.4 Å². The Morgan fingerprint density at radius 2 is 1.94 bits per heavy atom. The van der Waals surface area contributed by atoms with Crippen LogP contribution in [0.2, 0.25) is 0 Å². The minimum absolute atomic E-state index is 0.0115. The fourth-order valence-corrected chi connectivity index (χ4v) is 1.47. The average molecular weight is 244 g/mol. The van der Waals surface area contributed by atoms with Crippen LogP contribution < -0.4 is 0 Å². The molecule has 6 nitrogen and oxygen atoms in total. The number of furan rings is 1. The van der Waals surface area contributed by atoms with E-state index in [4.69, 9.17) is 9.68 Å². The first-order valence-electron chi connectivity index (χ1n) is 5.04. The van der Waals surface area contributed by atoms with Crippen LogP contribution in [0.1, 0.15) is 11.9 Å². The molecular formula is C12H8N2O4. The van der Waals surface area contributed by atoms with Crippen molar-refractivity contribution in [3.8, 4) is 17.4 Å². The zero-order chi connectivity index (χ0) is 13.1. The van der Waals surface area contributed by atoms with Crippen LogP contribution in [0.5, 0.6) is 0 Å². The predicted molar refractivity (Wildman–Crippen MR) is 61.4 cm³/mol. The minimum Gasteiger partial charge on any atom is -0.457 e. The summed E-state index contributed by atoms with van der Waals surface area (Å²) < 4.78 is 5.28. The van der Waals surface area contributed by atoms with Gasteiger partial charge in [0.25, 0.3) is 5.69 Å². The summed E-state index contributed by atoms with van der Waals surface area (Å²) in [4.78, 5) is 10.0. The van der Waals surface area contributed by atoms with Crippen LogP contribution in [0.4, 0.5) is 5.69 Å². The zero-order valence-electron chi connectivity index (χ0n) is 9.11. The molecule has 0 bridgehead atoms. The Bertz CT molecular complexity index is 610. The molecule has 0 saturated heterocycles. The summed E-state index contributed by atoms with van der Waals surface area (Å²) in [5.41, 5.74) is 0.625. The predicted octanol–water partition coefficient (Wildman–Crippen LogP) is 2.41. The van der Waals surface area contributed by atoms with Gasteiger partial charge in [-0.2, -0.15) is 5.26 Å². The van der Waals surface area contributed by atoms with Gasteiger partial charge in [0, 0.05) is 17.7 Å². The molecule has 0 aliphatic rings. The molecule has 2 rings (SSSR count). The molecule has 18 heavy (non-hydrogen) atoms. The number of rotatable bonds is 3. The Morgan fingerprint density at radius 3 is 2.50 bits per heavy atom. The highest BCUT2D eigenvalue weighted by Gasteiger charge is 2.13. The maximum Gasteiger partial charge on any atom is 0.269 e. The summed E-state index contributed by atoms with van der Waals surface area (Å²) >= 11 is 0. The normalized spacial score (nSPS) is 11.8. The number of nitro groups is 1. The lowest BCUT2D eigenvalue weighted by molar-refractivity contribution is -0.384. The van der Waals surface area contributed by atoms with E-state index in [9.17, 15) is 15.2 Å². The van der Waals surface area contributed by atoms with Crippen LogP contribution in [-0.2, 0) is 0 Å². The van der Waals surface area contributed by atoms with Crippen LogP contribution in [0.15, 0.2) is 40.8 Å². The van der Waals surface area contributed by atoms with Gasteiger partial charge in [-0.15, -0.1) is 0 Å². The fourth-order valence-electron chi connectivity index (χ4n) is 1.47. The zero-order valence-corrected chi connectivity index (χ0v) is 9.11. The molecule has 1 heterocycles. The van der Waals surface area contributed by atoms with E-state index in [2.05, 4.69) is 0 Å². The first-order chi connectivity index (χ1) is 8.61. The molecule has 0 aliphatic heterocycles. The fraction of sp³-hybridized carbons (Fsp3) is 0.0833. The average Bonchev–Trinajstić information content (AvgIpc) is 2.87. The summed E-state index contributed by atoms with van der Waals surface area (Å²) in [6, 6.07) is 10.5. The number of benzene rings is 1. The van der Waals surface area contributed by atoms with E-state index in [1.54, 1.807) is 24.3 Å². The van der Waals surface area contributed by atoms with Gasteiger partial charge < -0.3 is 9.52 Å². The molecule has 1 N–H and O–H groups in total. The topological polar surface area (TPSA) is 100 Å². The Labute approximate surface area is 102 Å². The van der Waals surface area contributed by atoms with Crippen molar-refractivity contribution in [2.45, 2.75) is 6.10 Å². The smallest absolute Gasteiger partial charge is 0.269 e. The Hall–Kier alpha value is -2.65. The lowest BCUT2D eigenvalue weighted by Gasteiger charge is -1.98. The quantitative estimate of drug-likeness (QED) is 0.507. The van der Waals surface area contributed by atoms with Crippen molar-refractivity contribution in [1.29, 1.82) is 5.26 Å². The van der Waals surface area contributed by atoms with Gasteiger partial charge in [0.05, 0.1) is 4.92 Å². The van der Waals surface area contributed by atoms with Gasteiger partial charge >= 0.3 is 0 Å². The molecule has 6 heteroatoms. The molecule has 1 aromatic carbocycles. The first-order valence-corrected chi connectivity index (χ1v) is 5.04. The van der Waals surface area contributed by atoms with E-state index < -0.39 is 11.0 Å². The maximum absolute atomic E-state index is 10.5. The SMILES string of the molecule is N#C[C@@H](O)c1ccc(-c2ccc([N+](=O)[O-])cc2)o1. The van der Waals surface area contributed by atoms with Gasteiger partial charge in [0.2, 0.25) is 0 Å². The van der Waals surface area contributed by atoms with Gasteiger partial charge in [0.1, 0.15) is 17.6 Å². The number of nitriles is 1. The first kappa shape index (κ1) is 11.8. The van der Waals surface area contributed by atoms with Crippen LogP contribution in [-0.4, -0.2) is 10.0 Å². The van der Waals surface area contributed by atoms with Crippen molar-refractivity contribution < 1.29 is 14.4 Å². The third-order valence-electron chi connectivity index (χ3n) is 2.38. The van der Waals surface area contributed by atoms with Crippen LogP contribution in [0, 0.1) is 21.4 Å². The number of nitro benzene ring substituents is 1. The molecule has 0 unspecified atom stereocenters. The lowest BCUT2D eigenvalue weighted by Crippen LogP contribution is -1.89. The van der Waals surface area contributed by atoms with Crippen molar-refractivity contribution >= 4 is 5.69 Å². The van der Waals surface area contributed by atoms with Crippen LogP contribution in [0.3, 0.4) is 0 Å². The van der Waals surface area contributed by atoms with E-state index in [0.717, 1.165) is 0 Å². The van der Waals surface area contributed by atoms with Crippen molar-refractivity contribution in [1.82, 2.24) is 0 Å².